The molecule has 11 nitrogen and oxygen atoms in total. The molecular weight excluding hydrogens is 598 g/mol. The van der Waals surface area contributed by atoms with Crippen LogP contribution in [0.5, 0.6) is 6.01 Å². The number of benzene rings is 3. The molecule has 2 aliphatic heterocycles. The molecule has 1 aromatic heterocycles. The zero-order valence-corrected chi connectivity index (χ0v) is 24.9. The van der Waals surface area contributed by atoms with Gasteiger partial charge in [0.1, 0.15) is 18.3 Å². The van der Waals surface area contributed by atoms with E-state index in [0.29, 0.717) is 23.2 Å². The Balaban J connectivity index is 1.15. The van der Waals surface area contributed by atoms with Gasteiger partial charge in [-0.25, -0.2) is 8.42 Å². The quantitative estimate of drug-likeness (QED) is 0.213. The number of H-pyrrole nitrogens is 1. The first-order chi connectivity index (χ1) is 20.7. The summed E-state index contributed by atoms with van der Waals surface area (Å²) in [4.78, 5) is 7.92. The Hall–Kier alpha value is -3.07. The van der Waals surface area contributed by atoms with E-state index in [9.17, 15) is 13.5 Å². The second-order valence-corrected chi connectivity index (χ2v) is 12.9. The highest BCUT2D eigenvalue weighted by Crippen LogP contribution is 2.35. The van der Waals surface area contributed by atoms with E-state index in [1.54, 1.807) is 30.3 Å². The number of aromatic nitrogens is 2. The van der Waals surface area contributed by atoms with Crippen molar-refractivity contribution in [3.05, 3.63) is 65.7 Å². The van der Waals surface area contributed by atoms with Crippen molar-refractivity contribution in [1.82, 2.24) is 14.3 Å². The first-order valence-corrected chi connectivity index (χ1v) is 15.7. The summed E-state index contributed by atoms with van der Waals surface area (Å²) in [7, 11) is -2.17. The highest BCUT2D eigenvalue weighted by Gasteiger charge is 2.48. The average molecular weight is 630 g/mol. The predicted octanol–water partition coefficient (Wildman–Crippen LogP) is 3.09. The van der Waals surface area contributed by atoms with Crippen LogP contribution >= 0.6 is 11.6 Å². The molecule has 0 bridgehead atoms. The molecule has 4 aromatic rings. The van der Waals surface area contributed by atoms with Gasteiger partial charge in [0.15, 0.2) is 6.10 Å². The summed E-state index contributed by atoms with van der Waals surface area (Å²) in [6.07, 6.45) is -1.76. The molecule has 3 N–H and O–H groups in total. The minimum atomic E-state index is -3.67. The van der Waals surface area contributed by atoms with Crippen LogP contribution in [0, 0.1) is 0 Å². The fraction of sp³-hybridized carbons (Fsp3) is 0.367. The Bertz CT molecular complexity index is 1680. The third-order valence-electron chi connectivity index (χ3n) is 7.67. The molecular formula is C30H32ClN3O8S. The van der Waals surface area contributed by atoms with Gasteiger partial charge in [0, 0.05) is 19.2 Å². The number of sulfonamides is 1. The summed E-state index contributed by atoms with van der Waals surface area (Å²) >= 11 is 6.66. The Morgan fingerprint density at radius 2 is 1.67 bits per heavy atom. The number of aromatic amines is 1. The highest BCUT2D eigenvalue weighted by molar-refractivity contribution is 7.89. The van der Waals surface area contributed by atoms with Crippen molar-refractivity contribution in [3.8, 4) is 28.3 Å². The average Bonchev–Trinajstić information content (AvgIpc) is 3.71. The molecule has 2 saturated heterocycles. The number of nitrogens with zero attached hydrogens (tertiary/aromatic N) is 2. The summed E-state index contributed by atoms with van der Waals surface area (Å²) in [6, 6.07) is 18.6. The van der Waals surface area contributed by atoms with Crippen LogP contribution in [0.4, 0.5) is 0 Å². The van der Waals surface area contributed by atoms with Crippen molar-refractivity contribution in [1.29, 1.82) is 0 Å². The van der Waals surface area contributed by atoms with Crippen molar-refractivity contribution in [2.45, 2.75) is 29.3 Å². The topological polar surface area (TPSA) is 143 Å². The van der Waals surface area contributed by atoms with Crippen LogP contribution in [0.25, 0.3) is 33.3 Å². The van der Waals surface area contributed by atoms with Crippen LogP contribution in [0.3, 0.4) is 0 Å². The van der Waals surface area contributed by atoms with Crippen LogP contribution in [0.2, 0.25) is 5.02 Å². The van der Waals surface area contributed by atoms with E-state index in [-0.39, 0.29) is 56.2 Å². The van der Waals surface area contributed by atoms with Crippen molar-refractivity contribution < 1.29 is 37.6 Å². The van der Waals surface area contributed by atoms with Gasteiger partial charge >= 0.3 is 0 Å². The smallest absolute Gasteiger partial charge is 0.295 e. The molecule has 0 saturated carbocycles. The maximum Gasteiger partial charge on any atom is 0.295 e. The van der Waals surface area contributed by atoms with E-state index in [4.69, 9.17) is 35.7 Å². The third kappa shape index (κ3) is 6.15. The summed E-state index contributed by atoms with van der Waals surface area (Å²) in [5.74, 6) is 0. The van der Waals surface area contributed by atoms with Gasteiger partial charge in [0.05, 0.1) is 54.0 Å². The number of hydrogen-bond donors (Lipinski definition) is 3. The fourth-order valence-electron chi connectivity index (χ4n) is 5.29. The zero-order valence-electron chi connectivity index (χ0n) is 23.4. The first kappa shape index (κ1) is 30.0. The van der Waals surface area contributed by atoms with Gasteiger partial charge in [-0.1, -0.05) is 48.0 Å². The molecule has 0 amide bonds. The lowest BCUT2D eigenvalue weighted by molar-refractivity contribution is 0.00706. The van der Waals surface area contributed by atoms with Crippen LogP contribution < -0.4 is 4.74 Å². The predicted molar refractivity (Wildman–Crippen MR) is 160 cm³/mol. The molecule has 2 fully saturated rings. The standard InChI is InChI=1S/C30H32ClN3O8S/c1-34(10-12-39-13-11-35)43(37,38)21-8-6-19(7-9-21)18-2-4-20(5-3-18)22-14-24-25(15-23(22)31)33-30(32-24)42-27-17-41-28-26(36)16-40-29(27)28/h2-9,14-15,26-29,35-36H,10-13,16-17H2,1H3,(H,32,33)/t26-,27-,28-,29-/m1/s1. The Morgan fingerprint density at radius 1 is 1.00 bits per heavy atom. The molecule has 4 atom stereocenters. The van der Waals surface area contributed by atoms with Crippen molar-refractivity contribution >= 4 is 32.7 Å². The van der Waals surface area contributed by atoms with Gasteiger partial charge in [0.2, 0.25) is 10.0 Å². The van der Waals surface area contributed by atoms with Crippen LogP contribution in [0.15, 0.2) is 65.6 Å². The number of halogens is 1. The highest BCUT2D eigenvalue weighted by atomic mass is 35.5. The summed E-state index contributed by atoms with van der Waals surface area (Å²) < 4.78 is 49.5. The molecule has 3 aromatic carbocycles. The third-order valence-corrected chi connectivity index (χ3v) is 9.86. The number of likely N-dealkylation sites (N-methyl/N-ethyl adjacent to an activating group) is 1. The minimum absolute atomic E-state index is 0.108. The van der Waals surface area contributed by atoms with Gasteiger partial charge in [-0.2, -0.15) is 9.29 Å². The lowest BCUT2D eigenvalue weighted by Crippen LogP contribution is -2.34. The lowest BCUT2D eigenvalue weighted by Gasteiger charge is -2.17. The SMILES string of the molecule is CN(CCOCCO)S(=O)(=O)c1ccc(-c2ccc(-c3cc4nc(O[C@@H]5CO[C@H]6[C@@H]5OC[C@H]6O)[nH]c4cc3Cl)cc2)cc1. The molecule has 13 heteroatoms. The summed E-state index contributed by atoms with van der Waals surface area (Å²) in [5.41, 5.74) is 4.89. The molecule has 3 heterocycles. The van der Waals surface area contributed by atoms with E-state index in [0.717, 1.165) is 27.8 Å². The number of hydrogen-bond acceptors (Lipinski definition) is 9. The second-order valence-electron chi connectivity index (χ2n) is 10.5. The van der Waals surface area contributed by atoms with Crippen molar-refractivity contribution in [2.24, 2.45) is 0 Å². The van der Waals surface area contributed by atoms with E-state index >= 15 is 0 Å². The Morgan fingerprint density at radius 3 is 2.40 bits per heavy atom. The van der Waals surface area contributed by atoms with Gasteiger partial charge in [0.25, 0.3) is 6.01 Å². The van der Waals surface area contributed by atoms with Crippen molar-refractivity contribution in [2.75, 3.05) is 46.6 Å². The zero-order chi connectivity index (χ0) is 30.1. The maximum atomic E-state index is 12.9. The van der Waals surface area contributed by atoms with E-state index < -0.39 is 16.1 Å². The molecule has 0 unspecified atom stereocenters. The van der Waals surface area contributed by atoms with E-state index in [2.05, 4.69) is 9.97 Å². The molecule has 0 spiro atoms. The number of aliphatic hydroxyl groups is 2. The van der Waals surface area contributed by atoms with Gasteiger partial charge < -0.3 is 34.1 Å². The molecule has 6 rings (SSSR count). The van der Waals surface area contributed by atoms with Crippen LogP contribution in [-0.4, -0.2) is 104 Å². The second kappa shape index (κ2) is 12.5. The van der Waals surface area contributed by atoms with E-state index in [1.807, 2.05) is 30.3 Å². The van der Waals surface area contributed by atoms with E-state index in [1.165, 1.54) is 11.4 Å². The van der Waals surface area contributed by atoms with Crippen LogP contribution in [-0.2, 0) is 24.2 Å². The fourth-order valence-corrected chi connectivity index (χ4v) is 6.72. The number of nitrogens with one attached hydrogen (secondary N) is 1. The minimum Gasteiger partial charge on any atom is -0.456 e. The number of rotatable bonds is 11. The van der Waals surface area contributed by atoms with Crippen LogP contribution in [0.1, 0.15) is 0 Å². The summed E-state index contributed by atoms with van der Waals surface area (Å²) in [5, 5.41) is 19.3. The lowest BCUT2D eigenvalue weighted by atomic mass is 10.00. The molecule has 43 heavy (non-hydrogen) atoms. The maximum absolute atomic E-state index is 12.9. The number of fused-ring (bicyclic) bond motifs is 2. The Labute approximate surface area is 254 Å². The van der Waals surface area contributed by atoms with Gasteiger partial charge in [-0.15, -0.1) is 0 Å². The number of imidazole rings is 1. The molecule has 0 aliphatic carbocycles. The van der Waals surface area contributed by atoms with Gasteiger partial charge in [-0.3, -0.25) is 0 Å². The van der Waals surface area contributed by atoms with Gasteiger partial charge in [-0.05, 0) is 41.0 Å². The Kier molecular flexibility index (Phi) is 8.72. The molecule has 0 radical (unpaired) electrons. The first-order valence-electron chi connectivity index (χ1n) is 13.9. The molecule has 2 aliphatic rings. The number of ether oxygens (including phenoxy) is 4. The normalized spacial score (nSPS) is 22.0. The van der Waals surface area contributed by atoms with Crippen molar-refractivity contribution in [3.63, 3.8) is 0 Å². The summed E-state index contributed by atoms with van der Waals surface area (Å²) in [6.45, 7) is 0.971. The monoisotopic (exact) mass is 629 g/mol. The molecule has 228 valence electrons. The largest absolute Gasteiger partial charge is 0.456 e. The number of aliphatic hydroxyl groups excluding tert-OH is 2.